The van der Waals surface area contributed by atoms with Gasteiger partial charge in [-0.1, -0.05) is 13.3 Å². The summed E-state index contributed by atoms with van der Waals surface area (Å²) in [6.45, 7) is 4.34. The highest BCUT2D eigenvalue weighted by Crippen LogP contribution is 2.28. The zero-order chi connectivity index (χ0) is 13.8. The van der Waals surface area contributed by atoms with Gasteiger partial charge in [-0.3, -0.25) is 0 Å². The monoisotopic (exact) mass is 263 g/mol. The normalized spacial score (nSPS) is 22.2. The first-order chi connectivity index (χ1) is 9.11. The third-order valence-electron chi connectivity index (χ3n) is 3.62. The second kappa shape index (κ2) is 5.91. The van der Waals surface area contributed by atoms with E-state index in [2.05, 4.69) is 17.2 Å². The van der Waals surface area contributed by atoms with Crippen molar-refractivity contribution in [3.05, 3.63) is 17.8 Å². The topological polar surface area (TPSA) is 77.2 Å². The Labute approximate surface area is 113 Å². The van der Waals surface area contributed by atoms with Crippen LogP contribution in [0.1, 0.15) is 43.5 Å². The van der Waals surface area contributed by atoms with E-state index in [0.717, 1.165) is 6.42 Å². The molecular weight excluding hydrogens is 242 g/mol. The van der Waals surface area contributed by atoms with Gasteiger partial charge in [-0.2, -0.15) is 0 Å². The van der Waals surface area contributed by atoms with Crippen molar-refractivity contribution in [2.75, 3.05) is 17.7 Å². The van der Waals surface area contributed by atoms with Gasteiger partial charge in [0.25, 0.3) is 0 Å². The van der Waals surface area contributed by atoms with Gasteiger partial charge < -0.3 is 15.8 Å². The van der Waals surface area contributed by atoms with Crippen LogP contribution in [-0.2, 0) is 4.74 Å². The lowest BCUT2D eigenvalue weighted by Gasteiger charge is -2.18. The van der Waals surface area contributed by atoms with Gasteiger partial charge in [-0.05, 0) is 31.7 Å². The van der Waals surface area contributed by atoms with Gasteiger partial charge in [0.1, 0.15) is 5.82 Å². The van der Waals surface area contributed by atoms with Crippen LogP contribution in [-0.4, -0.2) is 23.6 Å². The maximum atomic E-state index is 11.8. The molecule has 19 heavy (non-hydrogen) atoms. The summed E-state index contributed by atoms with van der Waals surface area (Å²) in [5.74, 6) is 0.923. The van der Waals surface area contributed by atoms with Crippen LogP contribution in [0.15, 0.2) is 12.3 Å². The first kappa shape index (κ1) is 13.6. The van der Waals surface area contributed by atoms with Crippen LogP contribution in [0, 0.1) is 5.92 Å². The number of hydrogen-bond donors (Lipinski definition) is 2. The number of esters is 1. The molecule has 1 aromatic heterocycles. The van der Waals surface area contributed by atoms with Crippen molar-refractivity contribution < 1.29 is 9.53 Å². The number of aromatic nitrogens is 1. The minimum atomic E-state index is -0.398. The van der Waals surface area contributed by atoms with Crippen LogP contribution in [0.2, 0.25) is 0 Å². The first-order valence-electron chi connectivity index (χ1n) is 6.81. The molecule has 5 heteroatoms. The molecule has 0 aliphatic heterocycles. The second-order valence-electron chi connectivity index (χ2n) is 5.04. The summed E-state index contributed by atoms with van der Waals surface area (Å²) in [6, 6.07) is 2.10. The summed E-state index contributed by atoms with van der Waals surface area (Å²) in [6.07, 6.45) is 5.12. The molecule has 2 unspecified atom stereocenters. The number of hydrogen-bond acceptors (Lipinski definition) is 5. The maximum Gasteiger partial charge on any atom is 0.340 e. The fourth-order valence-corrected chi connectivity index (χ4v) is 2.48. The van der Waals surface area contributed by atoms with Crippen molar-refractivity contribution in [3.8, 4) is 0 Å². The van der Waals surface area contributed by atoms with Gasteiger partial charge in [0.2, 0.25) is 0 Å². The summed E-state index contributed by atoms with van der Waals surface area (Å²) in [7, 11) is 0. The highest BCUT2D eigenvalue weighted by Gasteiger charge is 2.23. The van der Waals surface area contributed by atoms with Crippen molar-refractivity contribution in [2.24, 2.45) is 5.92 Å². The number of carbonyl (C=O) groups is 1. The number of anilines is 2. The average molecular weight is 263 g/mol. The molecule has 3 N–H and O–H groups in total. The molecule has 0 bridgehead atoms. The molecule has 1 aliphatic carbocycles. The SMILES string of the molecule is CCOC(=O)c1cc(NC2CCCC2C)ncc1N. The van der Waals surface area contributed by atoms with Crippen molar-refractivity contribution in [1.82, 2.24) is 4.98 Å². The van der Waals surface area contributed by atoms with E-state index in [9.17, 15) is 4.79 Å². The lowest BCUT2D eigenvalue weighted by molar-refractivity contribution is 0.0527. The lowest BCUT2D eigenvalue weighted by atomic mass is 10.1. The van der Waals surface area contributed by atoms with Gasteiger partial charge in [0, 0.05) is 6.04 Å². The Hall–Kier alpha value is -1.78. The smallest absolute Gasteiger partial charge is 0.340 e. The van der Waals surface area contributed by atoms with E-state index in [4.69, 9.17) is 10.5 Å². The minimum absolute atomic E-state index is 0.336. The zero-order valence-corrected chi connectivity index (χ0v) is 11.5. The largest absolute Gasteiger partial charge is 0.462 e. The first-order valence-corrected chi connectivity index (χ1v) is 6.81. The van der Waals surface area contributed by atoms with Crippen molar-refractivity contribution >= 4 is 17.5 Å². The number of carbonyl (C=O) groups excluding carboxylic acids is 1. The van der Waals surface area contributed by atoms with E-state index >= 15 is 0 Å². The molecule has 1 aliphatic rings. The van der Waals surface area contributed by atoms with Crippen LogP contribution in [0.25, 0.3) is 0 Å². The maximum absolute atomic E-state index is 11.8. The van der Waals surface area contributed by atoms with Crippen LogP contribution >= 0.6 is 0 Å². The lowest BCUT2D eigenvalue weighted by Crippen LogP contribution is -2.22. The Morgan fingerprint density at radius 3 is 3.00 bits per heavy atom. The number of ether oxygens (including phenoxy) is 1. The van der Waals surface area contributed by atoms with Gasteiger partial charge >= 0.3 is 5.97 Å². The molecule has 0 radical (unpaired) electrons. The number of pyridine rings is 1. The van der Waals surface area contributed by atoms with Crippen molar-refractivity contribution in [2.45, 2.75) is 39.2 Å². The van der Waals surface area contributed by atoms with Gasteiger partial charge in [-0.25, -0.2) is 9.78 Å². The molecule has 5 nitrogen and oxygen atoms in total. The van der Waals surface area contributed by atoms with Gasteiger partial charge in [-0.15, -0.1) is 0 Å². The molecule has 0 aromatic carbocycles. The van der Waals surface area contributed by atoms with E-state index in [1.807, 2.05) is 0 Å². The number of nitrogens with two attached hydrogens (primary N) is 1. The molecule has 2 atom stereocenters. The Morgan fingerprint density at radius 2 is 2.37 bits per heavy atom. The molecule has 104 valence electrons. The molecule has 0 amide bonds. The molecule has 1 aromatic rings. The molecule has 2 rings (SSSR count). The number of rotatable bonds is 4. The second-order valence-corrected chi connectivity index (χ2v) is 5.04. The molecule has 1 heterocycles. The molecule has 0 spiro atoms. The highest BCUT2D eigenvalue weighted by molar-refractivity contribution is 5.95. The third-order valence-corrected chi connectivity index (χ3v) is 3.62. The van der Waals surface area contributed by atoms with Gasteiger partial charge in [0.05, 0.1) is 24.1 Å². The predicted molar refractivity (Wildman–Crippen MR) is 75.0 cm³/mol. The van der Waals surface area contributed by atoms with Crippen LogP contribution in [0.4, 0.5) is 11.5 Å². The van der Waals surface area contributed by atoms with Crippen LogP contribution in [0.5, 0.6) is 0 Å². The molecule has 1 fully saturated rings. The van der Waals surface area contributed by atoms with E-state index in [-0.39, 0.29) is 0 Å². The summed E-state index contributed by atoms with van der Waals surface area (Å²) >= 11 is 0. The van der Waals surface area contributed by atoms with E-state index in [0.29, 0.717) is 35.6 Å². The summed E-state index contributed by atoms with van der Waals surface area (Å²) in [5.41, 5.74) is 6.50. The summed E-state index contributed by atoms with van der Waals surface area (Å²) in [4.78, 5) is 16.0. The Bertz CT molecular complexity index is 462. The molecule has 0 saturated heterocycles. The standard InChI is InChI=1S/C14H21N3O2/c1-3-19-14(18)10-7-13(16-8-11(10)15)17-12-6-4-5-9(12)2/h7-9,12H,3-6,15H2,1-2H3,(H,16,17). The minimum Gasteiger partial charge on any atom is -0.462 e. The number of nitrogen functional groups attached to an aromatic ring is 1. The van der Waals surface area contributed by atoms with Crippen LogP contribution < -0.4 is 11.1 Å². The van der Waals surface area contributed by atoms with Crippen molar-refractivity contribution in [3.63, 3.8) is 0 Å². The van der Waals surface area contributed by atoms with E-state index in [1.54, 1.807) is 13.0 Å². The summed E-state index contributed by atoms with van der Waals surface area (Å²) < 4.78 is 4.98. The van der Waals surface area contributed by atoms with E-state index in [1.165, 1.54) is 19.0 Å². The quantitative estimate of drug-likeness (QED) is 0.816. The van der Waals surface area contributed by atoms with E-state index < -0.39 is 5.97 Å². The fraction of sp³-hybridized carbons (Fsp3) is 0.571. The van der Waals surface area contributed by atoms with Crippen molar-refractivity contribution in [1.29, 1.82) is 0 Å². The third kappa shape index (κ3) is 3.16. The number of nitrogens with zero attached hydrogens (tertiary/aromatic N) is 1. The fourth-order valence-electron chi connectivity index (χ4n) is 2.48. The molecular formula is C14H21N3O2. The van der Waals surface area contributed by atoms with Crippen LogP contribution in [0.3, 0.4) is 0 Å². The Balaban J connectivity index is 2.13. The number of nitrogens with one attached hydrogen (secondary N) is 1. The highest BCUT2D eigenvalue weighted by atomic mass is 16.5. The zero-order valence-electron chi connectivity index (χ0n) is 11.5. The molecule has 1 saturated carbocycles. The Kier molecular flexibility index (Phi) is 4.24. The van der Waals surface area contributed by atoms with Gasteiger partial charge in [0.15, 0.2) is 0 Å². The average Bonchev–Trinajstić information content (AvgIpc) is 2.78. The summed E-state index contributed by atoms with van der Waals surface area (Å²) in [5, 5.41) is 3.38. The predicted octanol–water partition coefficient (Wildman–Crippen LogP) is 2.44. The Morgan fingerprint density at radius 1 is 1.58 bits per heavy atom.